The minimum Gasteiger partial charge on any atom is -0.383 e. The molecule has 2 amide bonds. The summed E-state index contributed by atoms with van der Waals surface area (Å²) in [5.41, 5.74) is 0.986. The first-order valence-electron chi connectivity index (χ1n) is 8.68. The molecule has 24 heavy (non-hydrogen) atoms. The zero-order valence-electron chi connectivity index (χ0n) is 14.2. The number of ether oxygens (including phenoxy) is 1. The van der Waals surface area contributed by atoms with Crippen LogP contribution in [0.25, 0.3) is 0 Å². The van der Waals surface area contributed by atoms with Crippen molar-refractivity contribution in [2.45, 2.75) is 38.3 Å². The Bertz CT molecular complexity index is 574. The predicted molar refractivity (Wildman–Crippen MR) is 89.0 cm³/mol. The lowest BCUT2D eigenvalue weighted by Crippen LogP contribution is -2.48. The lowest BCUT2D eigenvalue weighted by atomic mass is 10.1. The second-order valence-electron chi connectivity index (χ2n) is 6.58. The molecule has 1 saturated heterocycles. The van der Waals surface area contributed by atoms with Crippen LogP contribution in [0.15, 0.2) is 24.5 Å². The second-order valence-corrected chi connectivity index (χ2v) is 6.58. The summed E-state index contributed by atoms with van der Waals surface area (Å²) >= 11 is 0. The molecule has 2 fully saturated rings. The van der Waals surface area contributed by atoms with Crippen LogP contribution in [0.3, 0.4) is 0 Å². The van der Waals surface area contributed by atoms with Gasteiger partial charge in [0.05, 0.1) is 6.61 Å². The monoisotopic (exact) mass is 331 g/mol. The van der Waals surface area contributed by atoms with E-state index >= 15 is 0 Å². The van der Waals surface area contributed by atoms with Gasteiger partial charge in [-0.3, -0.25) is 14.6 Å². The Balaban J connectivity index is 1.70. The molecule has 0 N–H and O–H groups in total. The minimum absolute atomic E-state index is 0.0300. The first-order valence-corrected chi connectivity index (χ1v) is 8.68. The molecule has 6 nitrogen and oxygen atoms in total. The summed E-state index contributed by atoms with van der Waals surface area (Å²) in [7, 11) is 1.63. The van der Waals surface area contributed by atoms with Crippen molar-refractivity contribution in [1.82, 2.24) is 14.8 Å². The van der Waals surface area contributed by atoms with Crippen LogP contribution in [0.1, 0.15) is 31.2 Å². The van der Waals surface area contributed by atoms with Gasteiger partial charge in [0.15, 0.2) is 0 Å². The van der Waals surface area contributed by atoms with Crippen LogP contribution in [0.4, 0.5) is 0 Å². The number of rotatable bonds is 7. The van der Waals surface area contributed by atoms with Crippen LogP contribution in [0, 0.1) is 5.92 Å². The van der Waals surface area contributed by atoms with Crippen molar-refractivity contribution >= 4 is 11.8 Å². The van der Waals surface area contributed by atoms with Gasteiger partial charge in [-0.1, -0.05) is 6.07 Å². The molecule has 2 aliphatic rings. The summed E-state index contributed by atoms with van der Waals surface area (Å²) < 4.78 is 5.16. The first-order chi connectivity index (χ1) is 11.7. The van der Waals surface area contributed by atoms with Gasteiger partial charge in [-0.2, -0.15) is 0 Å². The number of hydrogen-bond acceptors (Lipinski definition) is 4. The summed E-state index contributed by atoms with van der Waals surface area (Å²) in [5, 5.41) is 0. The van der Waals surface area contributed by atoms with Crippen molar-refractivity contribution in [2.24, 2.45) is 5.92 Å². The zero-order valence-corrected chi connectivity index (χ0v) is 14.2. The maximum absolute atomic E-state index is 13.1. The Morgan fingerprint density at radius 1 is 1.38 bits per heavy atom. The second kappa shape index (κ2) is 7.75. The van der Waals surface area contributed by atoms with Crippen molar-refractivity contribution < 1.29 is 14.3 Å². The van der Waals surface area contributed by atoms with Gasteiger partial charge in [0, 0.05) is 45.1 Å². The van der Waals surface area contributed by atoms with Crippen LogP contribution in [-0.4, -0.2) is 59.4 Å². The topological polar surface area (TPSA) is 62.7 Å². The normalized spacial score (nSPS) is 20.2. The van der Waals surface area contributed by atoms with Crippen LogP contribution in [-0.2, 0) is 20.9 Å². The molecule has 0 aromatic carbocycles. The number of carbonyl (C=O) groups is 2. The van der Waals surface area contributed by atoms with Gasteiger partial charge in [0.25, 0.3) is 0 Å². The number of pyridine rings is 1. The third-order valence-corrected chi connectivity index (χ3v) is 4.72. The summed E-state index contributed by atoms with van der Waals surface area (Å²) in [4.78, 5) is 33.2. The third-order valence-electron chi connectivity index (χ3n) is 4.72. The molecule has 0 bridgehead atoms. The summed E-state index contributed by atoms with van der Waals surface area (Å²) in [5.74, 6) is 0.352. The van der Waals surface area contributed by atoms with E-state index in [-0.39, 0.29) is 23.8 Å². The van der Waals surface area contributed by atoms with Crippen LogP contribution < -0.4 is 0 Å². The van der Waals surface area contributed by atoms with Crippen molar-refractivity contribution in [1.29, 1.82) is 0 Å². The van der Waals surface area contributed by atoms with Crippen molar-refractivity contribution in [3.63, 3.8) is 0 Å². The van der Waals surface area contributed by atoms with Crippen molar-refractivity contribution in [3.8, 4) is 0 Å². The lowest BCUT2D eigenvalue weighted by Gasteiger charge is -2.30. The molecule has 1 saturated carbocycles. The Kier molecular flexibility index (Phi) is 5.45. The van der Waals surface area contributed by atoms with E-state index in [4.69, 9.17) is 4.74 Å². The molecule has 6 heteroatoms. The number of methoxy groups -OCH3 is 1. The molecule has 1 aromatic heterocycles. The Morgan fingerprint density at radius 3 is 2.88 bits per heavy atom. The molecular weight excluding hydrogens is 306 g/mol. The van der Waals surface area contributed by atoms with Crippen molar-refractivity contribution in [3.05, 3.63) is 30.1 Å². The number of carbonyl (C=O) groups excluding carboxylic acids is 2. The molecule has 1 aliphatic carbocycles. The quantitative estimate of drug-likeness (QED) is 0.759. The largest absolute Gasteiger partial charge is 0.383 e. The van der Waals surface area contributed by atoms with Crippen LogP contribution in [0.2, 0.25) is 0 Å². The number of hydrogen-bond donors (Lipinski definition) is 0. The highest BCUT2D eigenvalue weighted by atomic mass is 16.5. The highest BCUT2D eigenvalue weighted by Gasteiger charge is 2.41. The summed E-state index contributed by atoms with van der Waals surface area (Å²) in [6, 6.07) is 3.51. The smallest absolute Gasteiger partial charge is 0.245 e. The first kappa shape index (κ1) is 16.9. The van der Waals surface area contributed by atoms with E-state index in [1.807, 2.05) is 17.0 Å². The van der Waals surface area contributed by atoms with E-state index in [0.29, 0.717) is 26.2 Å². The summed E-state index contributed by atoms with van der Waals surface area (Å²) in [6.07, 6.45) is 7.10. The average Bonchev–Trinajstić information content (AvgIpc) is 3.35. The third kappa shape index (κ3) is 3.93. The predicted octanol–water partition coefficient (Wildman–Crippen LogP) is 1.46. The molecule has 1 aliphatic heterocycles. The van der Waals surface area contributed by atoms with E-state index in [1.54, 1.807) is 24.4 Å². The van der Waals surface area contributed by atoms with Gasteiger partial charge in [0.1, 0.15) is 6.04 Å². The van der Waals surface area contributed by atoms with E-state index in [2.05, 4.69) is 4.98 Å². The number of amides is 2. The van der Waals surface area contributed by atoms with Crippen molar-refractivity contribution in [2.75, 3.05) is 26.8 Å². The Hall–Kier alpha value is -1.95. The van der Waals surface area contributed by atoms with E-state index in [1.165, 1.54) is 0 Å². The van der Waals surface area contributed by atoms with Gasteiger partial charge in [-0.05, 0) is 37.3 Å². The maximum Gasteiger partial charge on any atom is 0.245 e. The van der Waals surface area contributed by atoms with E-state index < -0.39 is 0 Å². The minimum atomic E-state index is -0.313. The zero-order chi connectivity index (χ0) is 16.9. The number of likely N-dealkylation sites (tertiary alicyclic amines) is 1. The summed E-state index contributed by atoms with van der Waals surface area (Å²) in [6.45, 7) is 2.20. The molecular formula is C18H25N3O3. The molecule has 2 heterocycles. The average molecular weight is 331 g/mol. The van der Waals surface area contributed by atoms with Crippen LogP contribution >= 0.6 is 0 Å². The van der Waals surface area contributed by atoms with E-state index in [9.17, 15) is 9.59 Å². The van der Waals surface area contributed by atoms with Gasteiger partial charge in [0.2, 0.25) is 11.8 Å². The fraction of sp³-hybridized carbons (Fsp3) is 0.611. The Labute approximate surface area is 142 Å². The highest BCUT2D eigenvalue weighted by molar-refractivity contribution is 5.90. The fourth-order valence-electron chi connectivity index (χ4n) is 3.24. The molecule has 1 aromatic rings. The molecule has 0 radical (unpaired) electrons. The van der Waals surface area contributed by atoms with Gasteiger partial charge in [-0.25, -0.2) is 0 Å². The fourth-order valence-corrected chi connectivity index (χ4v) is 3.24. The Morgan fingerprint density at radius 2 is 2.21 bits per heavy atom. The lowest BCUT2D eigenvalue weighted by molar-refractivity contribution is -0.145. The molecule has 1 unspecified atom stereocenters. The van der Waals surface area contributed by atoms with Gasteiger partial charge < -0.3 is 14.5 Å². The van der Waals surface area contributed by atoms with Crippen LogP contribution in [0.5, 0.6) is 0 Å². The van der Waals surface area contributed by atoms with Gasteiger partial charge in [-0.15, -0.1) is 0 Å². The molecule has 3 rings (SSSR count). The molecule has 0 spiro atoms. The molecule has 130 valence electrons. The highest BCUT2D eigenvalue weighted by Crippen LogP contribution is 2.34. The number of nitrogens with zero attached hydrogens (tertiary/aromatic N) is 3. The van der Waals surface area contributed by atoms with Gasteiger partial charge >= 0.3 is 0 Å². The number of aromatic nitrogens is 1. The van der Waals surface area contributed by atoms with E-state index in [0.717, 1.165) is 31.2 Å². The maximum atomic E-state index is 13.1. The molecule has 1 atom stereocenters. The standard InChI is InChI=1S/C18H25N3O3/c1-24-11-10-20(13-14-4-2-8-19-12-14)18(23)16-5-3-9-21(16)17(22)15-6-7-15/h2,4,8,12,15-16H,3,5-7,9-11,13H2,1H3. The SMILES string of the molecule is COCCN(Cc1cccnc1)C(=O)C1CCCN1C(=O)C1CC1.